The predicted octanol–water partition coefficient (Wildman–Crippen LogP) is 18.1. The fraction of sp³-hybridized carbons (Fsp3) is 0.789. The van der Waals surface area contributed by atoms with Gasteiger partial charge in [-0.3, -0.25) is 9.59 Å². The number of carbonyl (C=O) groups excluding carboxylic acids is 2. The van der Waals surface area contributed by atoms with Crippen LogP contribution in [-0.4, -0.2) is 37.9 Å². The van der Waals surface area contributed by atoms with E-state index in [-0.39, 0.29) is 25.2 Å². The minimum absolute atomic E-state index is 0.0681. The molecule has 0 spiro atoms. The number of carbonyl (C=O) groups is 2. The lowest BCUT2D eigenvalue weighted by molar-refractivity contribution is -0.163. The molecule has 0 saturated heterocycles. The number of hydrogen-bond acceptors (Lipinski definition) is 5. The van der Waals surface area contributed by atoms with Crippen LogP contribution in [0, 0.1) is 0 Å². The van der Waals surface area contributed by atoms with Crippen LogP contribution in [0.3, 0.4) is 0 Å². The van der Waals surface area contributed by atoms with Gasteiger partial charge in [0.05, 0.1) is 6.61 Å². The van der Waals surface area contributed by atoms with E-state index in [0.717, 1.165) is 77.0 Å². The monoisotopic (exact) mass is 867 g/mol. The third-order valence-electron chi connectivity index (χ3n) is 11.5. The van der Waals surface area contributed by atoms with Crippen molar-refractivity contribution in [1.29, 1.82) is 0 Å². The van der Waals surface area contributed by atoms with Gasteiger partial charge < -0.3 is 14.2 Å². The second-order valence-electron chi connectivity index (χ2n) is 17.8. The van der Waals surface area contributed by atoms with Gasteiger partial charge in [-0.1, -0.05) is 229 Å². The summed E-state index contributed by atoms with van der Waals surface area (Å²) in [5.41, 5.74) is 0. The molecule has 0 aromatic heterocycles. The Morgan fingerprint density at radius 2 is 0.726 bits per heavy atom. The molecule has 0 aromatic carbocycles. The van der Waals surface area contributed by atoms with Crippen LogP contribution < -0.4 is 0 Å². The van der Waals surface area contributed by atoms with Crippen molar-refractivity contribution in [1.82, 2.24) is 0 Å². The van der Waals surface area contributed by atoms with Crippen molar-refractivity contribution in [2.75, 3.05) is 19.8 Å². The standard InChI is InChI=1S/C57H102O5/c1-4-7-10-13-16-19-22-25-28-29-31-32-35-38-41-44-47-50-56(58)61-54-55(53-60-52-49-46-43-40-37-34-27-24-21-18-15-12-9-6-3)62-57(59)51-48-45-42-39-36-33-30-26-23-20-17-14-11-8-5-2/h8,11,17,20,25-26,28,30,36,39,55H,4-7,9-10,12-16,18-19,21-24,27,29,31-35,37-38,40-54H2,1-3H3/b11-8-,20-17-,28-25-,30-26-,39-36-. The number of ether oxygens (including phenoxy) is 3. The van der Waals surface area contributed by atoms with Gasteiger partial charge in [0.2, 0.25) is 0 Å². The van der Waals surface area contributed by atoms with E-state index < -0.39 is 6.10 Å². The topological polar surface area (TPSA) is 61.8 Å². The summed E-state index contributed by atoms with van der Waals surface area (Å²) >= 11 is 0. The highest BCUT2D eigenvalue weighted by Crippen LogP contribution is 2.15. The summed E-state index contributed by atoms with van der Waals surface area (Å²) < 4.78 is 17.4. The zero-order chi connectivity index (χ0) is 44.9. The highest BCUT2D eigenvalue weighted by Gasteiger charge is 2.17. The van der Waals surface area contributed by atoms with E-state index in [9.17, 15) is 9.59 Å². The van der Waals surface area contributed by atoms with Gasteiger partial charge in [0.1, 0.15) is 6.61 Å². The van der Waals surface area contributed by atoms with E-state index in [1.807, 2.05) is 0 Å². The van der Waals surface area contributed by atoms with Gasteiger partial charge in [0.15, 0.2) is 6.10 Å². The van der Waals surface area contributed by atoms with Crippen molar-refractivity contribution < 1.29 is 23.8 Å². The van der Waals surface area contributed by atoms with Gasteiger partial charge in [-0.2, -0.15) is 0 Å². The number of unbranched alkanes of at least 4 members (excludes halogenated alkanes) is 28. The summed E-state index contributed by atoms with van der Waals surface area (Å²) in [6.07, 6.45) is 66.6. The van der Waals surface area contributed by atoms with Crippen LogP contribution in [0.5, 0.6) is 0 Å². The van der Waals surface area contributed by atoms with Crippen LogP contribution >= 0.6 is 0 Å². The van der Waals surface area contributed by atoms with Crippen molar-refractivity contribution in [3.8, 4) is 0 Å². The van der Waals surface area contributed by atoms with Gasteiger partial charge in [-0.05, 0) is 83.5 Å². The van der Waals surface area contributed by atoms with E-state index in [1.54, 1.807) is 0 Å². The SMILES string of the molecule is CC/C=C\C/C=C\C/C=C\C/C=C\CCCCC(=O)OC(COCCCCCCCCCCCCCCCC)COC(=O)CCCCCCCCC/C=C\CCCCCCCC. The summed E-state index contributed by atoms with van der Waals surface area (Å²) in [5.74, 6) is -0.441. The quantitative estimate of drug-likeness (QED) is 0.0346. The first-order valence-electron chi connectivity index (χ1n) is 26.8. The average Bonchev–Trinajstić information content (AvgIpc) is 3.27. The van der Waals surface area contributed by atoms with Crippen LogP contribution in [0.15, 0.2) is 60.8 Å². The normalized spacial score (nSPS) is 12.6. The second-order valence-corrected chi connectivity index (χ2v) is 17.8. The van der Waals surface area contributed by atoms with E-state index in [4.69, 9.17) is 14.2 Å². The molecule has 5 nitrogen and oxygen atoms in total. The lowest BCUT2D eigenvalue weighted by Gasteiger charge is -2.18. The van der Waals surface area contributed by atoms with Crippen molar-refractivity contribution in [2.45, 2.75) is 271 Å². The molecule has 0 bridgehead atoms. The molecule has 0 radical (unpaired) electrons. The number of esters is 2. The molecule has 0 aliphatic rings. The summed E-state index contributed by atoms with van der Waals surface area (Å²) in [6.45, 7) is 7.69. The Morgan fingerprint density at radius 1 is 0.371 bits per heavy atom. The van der Waals surface area contributed by atoms with Gasteiger partial charge >= 0.3 is 11.9 Å². The molecule has 1 unspecified atom stereocenters. The first-order chi connectivity index (χ1) is 30.6. The smallest absolute Gasteiger partial charge is 0.306 e. The average molecular weight is 867 g/mol. The Hall–Kier alpha value is -2.40. The molecule has 0 N–H and O–H groups in total. The van der Waals surface area contributed by atoms with Gasteiger partial charge in [0.25, 0.3) is 0 Å². The molecule has 0 saturated carbocycles. The summed E-state index contributed by atoms with van der Waals surface area (Å²) in [4.78, 5) is 25.4. The molecule has 360 valence electrons. The van der Waals surface area contributed by atoms with E-state index in [2.05, 4.69) is 81.5 Å². The Morgan fingerprint density at radius 3 is 1.21 bits per heavy atom. The number of rotatable bonds is 49. The summed E-state index contributed by atoms with van der Waals surface area (Å²) in [5, 5.41) is 0. The van der Waals surface area contributed by atoms with Gasteiger partial charge in [-0.15, -0.1) is 0 Å². The maximum absolute atomic E-state index is 12.8. The molecule has 5 heteroatoms. The van der Waals surface area contributed by atoms with Crippen LogP contribution in [0.4, 0.5) is 0 Å². The van der Waals surface area contributed by atoms with Crippen LogP contribution in [0.2, 0.25) is 0 Å². The summed E-state index contributed by atoms with van der Waals surface area (Å²) in [7, 11) is 0. The number of hydrogen-bond donors (Lipinski definition) is 0. The minimum Gasteiger partial charge on any atom is -0.462 e. The molecule has 62 heavy (non-hydrogen) atoms. The molecule has 0 fully saturated rings. The fourth-order valence-corrected chi connectivity index (χ4v) is 7.56. The summed E-state index contributed by atoms with van der Waals surface area (Å²) in [6, 6.07) is 0. The predicted molar refractivity (Wildman–Crippen MR) is 270 cm³/mol. The van der Waals surface area contributed by atoms with Crippen LogP contribution in [0.1, 0.15) is 265 Å². The fourth-order valence-electron chi connectivity index (χ4n) is 7.56. The van der Waals surface area contributed by atoms with Crippen molar-refractivity contribution >= 4 is 11.9 Å². The molecule has 0 heterocycles. The highest BCUT2D eigenvalue weighted by molar-refractivity contribution is 5.70. The van der Waals surface area contributed by atoms with Gasteiger partial charge in [0, 0.05) is 19.4 Å². The third-order valence-corrected chi connectivity index (χ3v) is 11.5. The second kappa shape index (κ2) is 52.9. The largest absolute Gasteiger partial charge is 0.462 e. The molecular formula is C57H102O5. The van der Waals surface area contributed by atoms with Crippen LogP contribution in [0.25, 0.3) is 0 Å². The Labute approximate surface area is 385 Å². The maximum atomic E-state index is 12.8. The highest BCUT2D eigenvalue weighted by atomic mass is 16.6. The molecule has 0 aliphatic carbocycles. The zero-order valence-corrected chi connectivity index (χ0v) is 41.4. The number of allylic oxidation sites excluding steroid dienone is 10. The van der Waals surface area contributed by atoms with E-state index in [0.29, 0.717) is 19.4 Å². The molecular weight excluding hydrogens is 765 g/mol. The third kappa shape index (κ3) is 50.2. The molecule has 0 amide bonds. The van der Waals surface area contributed by atoms with E-state index >= 15 is 0 Å². The maximum Gasteiger partial charge on any atom is 0.306 e. The lowest BCUT2D eigenvalue weighted by atomic mass is 10.0. The minimum atomic E-state index is -0.558. The Balaban J connectivity index is 4.31. The lowest BCUT2D eigenvalue weighted by Crippen LogP contribution is -2.30. The first-order valence-corrected chi connectivity index (χ1v) is 26.8. The van der Waals surface area contributed by atoms with Crippen molar-refractivity contribution in [2.24, 2.45) is 0 Å². The first kappa shape index (κ1) is 59.6. The van der Waals surface area contributed by atoms with Crippen LogP contribution in [-0.2, 0) is 23.8 Å². The molecule has 1 atom stereocenters. The molecule has 0 rings (SSSR count). The molecule has 0 aromatic rings. The molecule has 0 aliphatic heterocycles. The van der Waals surface area contributed by atoms with Gasteiger partial charge in [-0.25, -0.2) is 0 Å². The van der Waals surface area contributed by atoms with E-state index in [1.165, 1.54) is 154 Å². The zero-order valence-electron chi connectivity index (χ0n) is 41.4. The van der Waals surface area contributed by atoms with Crippen molar-refractivity contribution in [3.05, 3.63) is 60.8 Å². The Bertz CT molecular complexity index is 1070. The Kier molecular flexibility index (Phi) is 50.9. The van der Waals surface area contributed by atoms with Crippen molar-refractivity contribution in [3.63, 3.8) is 0 Å².